The second-order valence-electron chi connectivity index (χ2n) is 12.3. The van der Waals surface area contributed by atoms with Crippen LogP contribution in [-0.4, -0.2) is 105 Å². The van der Waals surface area contributed by atoms with Gasteiger partial charge in [-0.15, -0.1) is 0 Å². The van der Waals surface area contributed by atoms with E-state index in [0.29, 0.717) is 45.1 Å². The molecule has 0 aromatic heterocycles. The molecular weight excluding hydrogens is 554 g/mol. The maximum Gasteiger partial charge on any atom is 0.243 e. The molecule has 2 aliphatic heterocycles. The lowest BCUT2D eigenvalue weighted by atomic mass is 9.81. The Morgan fingerprint density at radius 3 is 2.23 bits per heavy atom. The van der Waals surface area contributed by atoms with Gasteiger partial charge in [0.05, 0.1) is 39.5 Å². The minimum absolute atomic E-state index is 0.158. The predicted octanol–water partition coefficient (Wildman–Crippen LogP) is 0.310. The molecule has 2 heterocycles. The zero-order chi connectivity index (χ0) is 31.0. The van der Waals surface area contributed by atoms with Gasteiger partial charge in [0.25, 0.3) is 0 Å². The molecule has 4 unspecified atom stereocenters. The highest BCUT2D eigenvalue weighted by molar-refractivity contribution is 5.98. The standard InChI is InChI=1S/C31H47N5O7/c1-20(33-27(37)18-36-12-14-42-15-13-36)29(39)35-26(17-22-6-10-24(41-3)11-7-22)30(40)34-25(28(38)31(2)19-43-31)16-21-4-8-23(32)9-5-21/h6-7,10-11,20-21,23,25-26H,4-5,8-9,12-19,32H2,1-3H3,(H,33,37)(H,34,40)(H,35,39). The van der Waals surface area contributed by atoms with Crippen molar-refractivity contribution in [2.24, 2.45) is 11.7 Å². The molecule has 1 saturated carbocycles. The van der Waals surface area contributed by atoms with Crippen LogP contribution in [0.3, 0.4) is 0 Å². The molecule has 1 aromatic rings. The van der Waals surface area contributed by atoms with Crippen LogP contribution in [0.15, 0.2) is 24.3 Å². The average molecular weight is 602 g/mol. The maximum absolute atomic E-state index is 13.8. The summed E-state index contributed by atoms with van der Waals surface area (Å²) < 4.78 is 16.0. The molecule has 4 rings (SSSR count). The molecule has 0 spiro atoms. The average Bonchev–Trinajstić information content (AvgIpc) is 3.76. The monoisotopic (exact) mass is 601 g/mol. The van der Waals surface area contributed by atoms with Crippen LogP contribution in [0.5, 0.6) is 5.75 Å². The highest BCUT2D eigenvalue weighted by Crippen LogP contribution is 2.33. The molecule has 4 atom stereocenters. The highest BCUT2D eigenvalue weighted by atomic mass is 16.6. The van der Waals surface area contributed by atoms with E-state index in [9.17, 15) is 19.2 Å². The third-order valence-electron chi connectivity index (χ3n) is 8.67. The number of rotatable bonds is 14. The van der Waals surface area contributed by atoms with Crippen LogP contribution in [0.2, 0.25) is 0 Å². The summed E-state index contributed by atoms with van der Waals surface area (Å²) in [6.07, 6.45) is 4.24. The fourth-order valence-corrected chi connectivity index (χ4v) is 5.70. The molecule has 5 N–H and O–H groups in total. The Labute approximate surface area is 253 Å². The van der Waals surface area contributed by atoms with E-state index < -0.39 is 35.5 Å². The van der Waals surface area contributed by atoms with Crippen molar-refractivity contribution in [1.29, 1.82) is 0 Å². The van der Waals surface area contributed by atoms with Crippen LogP contribution in [0, 0.1) is 5.92 Å². The summed E-state index contributed by atoms with van der Waals surface area (Å²) in [7, 11) is 1.57. The Balaban J connectivity index is 1.44. The van der Waals surface area contributed by atoms with E-state index in [2.05, 4.69) is 16.0 Å². The summed E-state index contributed by atoms with van der Waals surface area (Å²) in [5.74, 6) is -0.476. The smallest absolute Gasteiger partial charge is 0.243 e. The number of carbonyl (C=O) groups is 4. The van der Waals surface area contributed by atoms with E-state index in [1.54, 1.807) is 33.1 Å². The van der Waals surface area contributed by atoms with Crippen LogP contribution in [0.25, 0.3) is 0 Å². The number of hydrogen-bond acceptors (Lipinski definition) is 9. The lowest BCUT2D eigenvalue weighted by Gasteiger charge is -2.31. The van der Waals surface area contributed by atoms with Crippen molar-refractivity contribution in [2.75, 3.05) is 46.6 Å². The van der Waals surface area contributed by atoms with Gasteiger partial charge in [-0.05, 0) is 69.6 Å². The SMILES string of the molecule is COc1ccc(CC(NC(=O)C(C)NC(=O)CN2CCOCC2)C(=O)NC(CC2CCC(N)CC2)C(=O)C2(C)CO2)cc1. The summed E-state index contributed by atoms with van der Waals surface area (Å²) in [5, 5.41) is 8.51. The summed E-state index contributed by atoms with van der Waals surface area (Å²) in [5.41, 5.74) is 5.98. The van der Waals surface area contributed by atoms with Crippen molar-refractivity contribution in [3.63, 3.8) is 0 Å². The molecule has 3 amide bonds. The minimum Gasteiger partial charge on any atom is -0.497 e. The molecule has 1 aromatic carbocycles. The number of benzene rings is 1. The highest BCUT2D eigenvalue weighted by Gasteiger charge is 2.50. The van der Waals surface area contributed by atoms with Gasteiger partial charge in [-0.25, -0.2) is 0 Å². The number of carbonyl (C=O) groups excluding carboxylic acids is 4. The predicted molar refractivity (Wildman–Crippen MR) is 159 cm³/mol. The van der Waals surface area contributed by atoms with Crippen molar-refractivity contribution in [3.05, 3.63) is 29.8 Å². The van der Waals surface area contributed by atoms with E-state index >= 15 is 0 Å². The van der Waals surface area contributed by atoms with Crippen LogP contribution in [0.1, 0.15) is 51.5 Å². The second kappa shape index (κ2) is 15.1. The number of methoxy groups -OCH3 is 1. The fraction of sp³-hybridized carbons (Fsp3) is 0.677. The summed E-state index contributed by atoms with van der Waals surface area (Å²) in [4.78, 5) is 55.1. The van der Waals surface area contributed by atoms with Gasteiger partial charge in [-0.3, -0.25) is 24.1 Å². The Hall–Kier alpha value is -3.06. The van der Waals surface area contributed by atoms with Gasteiger partial charge in [-0.2, -0.15) is 0 Å². The van der Waals surface area contributed by atoms with Crippen molar-refractivity contribution in [3.8, 4) is 5.75 Å². The van der Waals surface area contributed by atoms with E-state index in [1.165, 1.54) is 0 Å². The maximum atomic E-state index is 13.8. The van der Waals surface area contributed by atoms with Gasteiger partial charge in [0.15, 0.2) is 5.78 Å². The molecule has 3 fully saturated rings. The number of amides is 3. The number of ether oxygens (including phenoxy) is 3. The van der Waals surface area contributed by atoms with Crippen molar-refractivity contribution >= 4 is 23.5 Å². The van der Waals surface area contributed by atoms with Crippen molar-refractivity contribution in [2.45, 2.75) is 82.1 Å². The first-order valence-electron chi connectivity index (χ1n) is 15.3. The Morgan fingerprint density at radius 1 is 1.00 bits per heavy atom. The Bertz CT molecular complexity index is 1110. The quantitative estimate of drug-likeness (QED) is 0.220. The van der Waals surface area contributed by atoms with Crippen LogP contribution in [-0.2, 0) is 35.1 Å². The molecule has 3 aliphatic rings. The van der Waals surface area contributed by atoms with E-state index in [1.807, 2.05) is 17.0 Å². The Kier molecular flexibility index (Phi) is 11.5. The lowest BCUT2D eigenvalue weighted by Crippen LogP contribution is -2.57. The van der Waals surface area contributed by atoms with E-state index in [0.717, 1.165) is 31.2 Å². The molecule has 0 bridgehead atoms. The molecule has 0 radical (unpaired) electrons. The van der Waals surface area contributed by atoms with Gasteiger partial charge in [0.1, 0.15) is 23.4 Å². The lowest BCUT2D eigenvalue weighted by molar-refractivity contribution is -0.134. The number of ketones is 1. The van der Waals surface area contributed by atoms with Gasteiger partial charge < -0.3 is 35.9 Å². The first kappa shape index (κ1) is 32.8. The van der Waals surface area contributed by atoms with Gasteiger partial charge in [0.2, 0.25) is 17.7 Å². The van der Waals surface area contributed by atoms with Crippen LogP contribution in [0.4, 0.5) is 0 Å². The van der Waals surface area contributed by atoms with Crippen LogP contribution >= 0.6 is 0 Å². The number of hydrogen-bond donors (Lipinski definition) is 4. The first-order valence-corrected chi connectivity index (χ1v) is 15.3. The summed E-state index contributed by atoms with van der Waals surface area (Å²) in [6, 6.07) is 4.78. The fourth-order valence-electron chi connectivity index (χ4n) is 5.70. The van der Waals surface area contributed by atoms with Crippen molar-refractivity contribution < 1.29 is 33.4 Å². The summed E-state index contributed by atoms with van der Waals surface area (Å²) in [6.45, 7) is 6.23. The second-order valence-corrected chi connectivity index (χ2v) is 12.3. The normalized spacial score (nSPS) is 26.0. The summed E-state index contributed by atoms with van der Waals surface area (Å²) >= 11 is 0. The largest absolute Gasteiger partial charge is 0.497 e. The molecule has 43 heavy (non-hydrogen) atoms. The number of nitrogens with one attached hydrogen (secondary N) is 3. The number of Topliss-reactive ketones (excluding diaryl/α,β-unsaturated/α-hetero) is 1. The Morgan fingerprint density at radius 2 is 1.63 bits per heavy atom. The van der Waals surface area contributed by atoms with Gasteiger partial charge in [-0.1, -0.05) is 12.1 Å². The third-order valence-corrected chi connectivity index (χ3v) is 8.67. The number of morpholine rings is 1. The van der Waals surface area contributed by atoms with Crippen molar-refractivity contribution in [1.82, 2.24) is 20.9 Å². The number of nitrogens with zero attached hydrogens (tertiary/aromatic N) is 1. The molecule has 1 aliphatic carbocycles. The van der Waals surface area contributed by atoms with Gasteiger partial charge >= 0.3 is 0 Å². The molecule has 12 heteroatoms. The molecule has 238 valence electrons. The topological polar surface area (TPSA) is 165 Å². The van der Waals surface area contributed by atoms with Crippen LogP contribution < -0.4 is 26.4 Å². The first-order chi connectivity index (χ1) is 20.6. The van der Waals surface area contributed by atoms with E-state index in [4.69, 9.17) is 19.9 Å². The third kappa shape index (κ3) is 9.72. The van der Waals surface area contributed by atoms with E-state index in [-0.39, 0.29) is 36.6 Å². The number of nitrogens with two attached hydrogens (primary N) is 1. The molecule has 2 saturated heterocycles. The molecule has 12 nitrogen and oxygen atoms in total. The zero-order valence-electron chi connectivity index (χ0n) is 25.6. The number of epoxide rings is 1. The minimum atomic E-state index is -0.984. The van der Waals surface area contributed by atoms with Gasteiger partial charge in [0, 0.05) is 25.6 Å². The molecular formula is C31H47N5O7. The zero-order valence-corrected chi connectivity index (χ0v) is 25.6.